The number of hydrogen-bond donors (Lipinski definition) is 0. The SMILES string of the molecule is CC[N+]1=C(/C=C/c2ccc(OC)cc2)C(C)(C)c2ccc(C(=O)OC)cc21.[I-]. The van der Waals surface area contributed by atoms with Crippen molar-refractivity contribution in [2.75, 3.05) is 20.8 Å². The number of ether oxygens (including phenoxy) is 2. The predicted octanol–water partition coefficient (Wildman–Crippen LogP) is 1.60. The monoisotopic (exact) mass is 491 g/mol. The molecule has 28 heavy (non-hydrogen) atoms. The number of allylic oxidation sites excluding steroid dienone is 1. The van der Waals surface area contributed by atoms with Gasteiger partial charge in [0.1, 0.15) is 12.3 Å². The van der Waals surface area contributed by atoms with E-state index in [0.29, 0.717) is 5.56 Å². The minimum Gasteiger partial charge on any atom is -1.00 e. The molecule has 1 aliphatic heterocycles. The molecule has 0 saturated carbocycles. The average molecular weight is 491 g/mol. The molecule has 1 aliphatic rings. The number of nitrogens with zero attached hydrogens (tertiary/aromatic N) is 1. The first-order chi connectivity index (χ1) is 12.9. The van der Waals surface area contributed by atoms with E-state index < -0.39 is 0 Å². The van der Waals surface area contributed by atoms with E-state index in [1.165, 1.54) is 18.4 Å². The summed E-state index contributed by atoms with van der Waals surface area (Å²) in [5.74, 6) is 0.535. The third kappa shape index (κ3) is 3.99. The van der Waals surface area contributed by atoms with Crippen LogP contribution in [-0.4, -0.2) is 37.0 Å². The van der Waals surface area contributed by atoms with E-state index in [1.807, 2.05) is 42.5 Å². The molecule has 0 atom stereocenters. The molecule has 0 aromatic heterocycles. The molecule has 4 nitrogen and oxygen atoms in total. The van der Waals surface area contributed by atoms with Crippen molar-refractivity contribution in [3.8, 4) is 5.75 Å². The number of carbonyl (C=O) groups is 1. The lowest BCUT2D eigenvalue weighted by Crippen LogP contribution is -3.00. The number of carbonyl (C=O) groups excluding carboxylic acids is 1. The summed E-state index contributed by atoms with van der Waals surface area (Å²) in [6.07, 6.45) is 4.29. The van der Waals surface area contributed by atoms with E-state index in [1.54, 1.807) is 7.11 Å². The van der Waals surface area contributed by atoms with Crippen LogP contribution in [0.1, 0.15) is 42.3 Å². The highest BCUT2D eigenvalue weighted by atomic mass is 127. The molecule has 148 valence electrons. The molecule has 0 fully saturated rings. The Hall–Kier alpha value is -2.15. The quantitative estimate of drug-likeness (QED) is 0.363. The van der Waals surface area contributed by atoms with Gasteiger partial charge in [-0.2, -0.15) is 4.58 Å². The van der Waals surface area contributed by atoms with E-state index in [-0.39, 0.29) is 35.4 Å². The number of halogens is 1. The van der Waals surface area contributed by atoms with Crippen molar-refractivity contribution in [2.45, 2.75) is 26.2 Å². The van der Waals surface area contributed by atoms with Crippen molar-refractivity contribution in [1.29, 1.82) is 0 Å². The molecule has 0 radical (unpaired) electrons. The Bertz CT molecular complexity index is 927. The molecular weight excluding hydrogens is 465 g/mol. The van der Waals surface area contributed by atoms with Gasteiger partial charge in [-0.25, -0.2) is 4.79 Å². The zero-order chi connectivity index (χ0) is 19.6. The maximum atomic E-state index is 11.9. The molecule has 0 amide bonds. The highest BCUT2D eigenvalue weighted by molar-refractivity contribution is 6.05. The standard InChI is InChI=1S/C23H26NO3.HI/c1-6-24-20-15-17(22(25)27-5)10-13-19(20)23(2,3)21(24)14-9-16-7-11-18(26-4)12-8-16;/h7-15H,6H2,1-5H3;1H/q+1;/p-1/b14-9+;. The predicted molar refractivity (Wildman–Crippen MR) is 108 cm³/mol. The van der Waals surface area contributed by atoms with Crippen LogP contribution < -0.4 is 28.7 Å². The summed E-state index contributed by atoms with van der Waals surface area (Å²) in [5.41, 5.74) is 5.03. The molecule has 0 bridgehead atoms. The second-order valence-electron chi connectivity index (χ2n) is 7.08. The van der Waals surface area contributed by atoms with Crippen molar-refractivity contribution in [3.05, 3.63) is 65.2 Å². The number of hydrogen-bond acceptors (Lipinski definition) is 3. The fraction of sp³-hybridized carbons (Fsp3) is 0.304. The van der Waals surface area contributed by atoms with Crippen LogP contribution in [0.3, 0.4) is 0 Å². The number of rotatable bonds is 5. The molecule has 0 aliphatic carbocycles. The van der Waals surface area contributed by atoms with Gasteiger partial charge >= 0.3 is 5.97 Å². The van der Waals surface area contributed by atoms with Gasteiger partial charge in [0.15, 0.2) is 5.71 Å². The molecule has 0 spiro atoms. The molecule has 1 heterocycles. The van der Waals surface area contributed by atoms with Crippen molar-refractivity contribution in [3.63, 3.8) is 0 Å². The highest BCUT2D eigenvalue weighted by Crippen LogP contribution is 2.40. The first-order valence-electron chi connectivity index (χ1n) is 9.12. The molecule has 0 N–H and O–H groups in total. The molecule has 5 heteroatoms. The Morgan fingerprint density at radius 3 is 2.32 bits per heavy atom. The summed E-state index contributed by atoms with van der Waals surface area (Å²) in [6.45, 7) is 7.38. The minimum atomic E-state index is -0.311. The second-order valence-corrected chi connectivity index (χ2v) is 7.08. The van der Waals surface area contributed by atoms with E-state index >= 15 is 0 Å². The van der Waals surface area contributed by atoms with Crippen LogP contribution in [0.5, 0.6) is 5.75 Å². The average Bonchev–Trinajstić information content (AvgIpc) is 2.91. The van der Waals surface area contributed by atoms with Crippen molar-refractivity contribution < 1.29 is 42.8 Å². The number of methoxy groups -OCH3 is 2. The van der Waals surface area contributed by atoms with Gasteiger partial charge in [-0.15, -0.1) is 0 Å². The molecule has 0 saturated heterocycles. The molecule has 0 unspecified atom stereocenters. The van der Waals surface area contributed by atoms with Crippen LogP contribution in [0.15, 0.2) is 48.5 Å². The van der Waals surface area contributed by atoms with Crippen LogP contribution >= 0.6 is 0 Å². The molecule has 3 rings (SSSR count). The zero-order valence-electron chi connectivity index (χ0n) is 17.0. The highest BCUT2D eigenvalue weighted by Gasteiger charge is 2.44. The summed E-state index contributed by atoms with van der Waals surface area (Å²) in [7, 11) is 3.08. The molecule has 2 aromatic carbocycles. The van der Waals surface area contributed by atoms with Gasteiger partial charge in [0, 0.05) is 17.7 Å². The van der Waals surface area contributed by atoms with Crippen molar-refractivity contribution in [2.24, 2.45) is 0 Å². The van der Waals surface area contributed by atoms with Gasteiger partial charge in [0.2, 0.25) is 5.69 Å². The van der Waals surface area contributed by atoms with Gasteiger partial charge in [-0.05, 0) is 50.6 Å². The van der Waals surface area contributed by atoms with E-state index in [9.17, 15) is 4.79 Å². The third-order valence-electron chi connectivity index (χ3n) is 5.18. The Morgan fingerprint density at radius 2 is 1.75 bits per heavy atom. The Morgan fingerprint density at radius 1 is 1.07 bits per heavy atom. The molecule has 2 aromatic rings. The van der Waals surface area contributed by atoms with E-state index in [4.69, 9.17) is 9.47 Å². The fourth-order valence-electron chi connectivity index (χ4n) is 3.66. The summed E-state index contributed by atoms with van der Waals surface area (Å²) in [5, 5.41) is 0. The van der Waals surface area contributed by atoms with Gasteiger partial charge in [0.25, 0.3) is 0 Å². The van der Waals surface area contributed by atoms with Crippen LogP contribution in [-0.2, 0) is 10.2 Å². The van der Waals surface area contributed by atoms with Gasteiger partial charge < -0.3 is 33.5 Å². The van der Waals surface area contributed by atoms with E-state index in [2.05, 4.69) is 37.5 Å². The number of fused-ring (bicyclic) bond motifs is 1. The summed E-state index contributed by atoms with van der Waals surface area (Å²) >= 11 is 0. The van der Waals surface area contributed by atoms with Crippen LogP contribution in [0.4, 0.5) is 5.69 Å². The normalized spacial score (nSPS) is 14.6. The zero-order valence-corrected chi connectivity index (χ0v) is 19.1. The number of benzene rings is 2. The van der Waals surface area contributed by atoms with Gasteiger partial charge in [-0.3, -0.25) is 0 Å². The molecular formula is C23H26INO3. The Balaban J connectivity index is 0.00000280. The maximum Gasteiger partial charge on any atom is 0.338 e. The van der Waals surface area contributed by atoms with Crippen LogP contribution in [0.2, 0.25) is 0 Å². The third-order valence-corrected chi connectivity index (χ3v) is 5.18. The summed E-state index contributed by atoms with van der Waals surface area (Å²) < 4.78 is 12.4. The lowest BCUT2D eigenvalue weighted by molar-refractivity contribution is -0.433. The lowest BCUT2D eigenvalue weighted by atomic mass is 9.81. The van der Waals surface area contributed by atoms with Crippen molar-refractivity contribution in [1.82, 2.24) is 0 Å². The smallest absolute Gasteiger partial charge is 0.338 e. The fourth-order valence-corrected chi connectivity index (χ4v) is 3.66. The van der Waals surface area contributed by atoms with E-state index in [0.717, 1.165) is 23.5 Å². The number of esters is 1. The van der Waals surface area contributed by atoms with Crippen LogP contribution in [0, 0.1) is 0 Å². The first kappa shape index (κ1) is 22.1. The topological polar surface area (TPSA) is 38.5 Å². The second kappa shape index (κ2) is 8.90. The largest absolute Gasteiger partial charge is 1.00 e. The Labute approximate surface area is 183 Å². The summed E-state index contributed by atoms with van der Waals surface area (Å²) in [4.78, 5) is 11.9. The first-order valence-corrected chi connectivity index (χ1v) is 9.12. The lowest BCUT2D eigenvalue weighted by Gasteiger charge is -2.15. The maximum absolute atomic E-state index is 11.9. The van der Waals surface area contributed by atoms with Gasteiger partial charge in [-0.1, -0.05) is 18.2 Å². The Kier molecular flexibility index (Phi) is 7.04. The summed E-state index contributed by atoms with van der Waals surface area (Å²) in [6, 6.07) is 13.8. The van der Waals surface area contributed by atoms with Crippen molar-refractivity contribution >= 4 is 23.4 Å². The minimum absolute atomic E-state index is 0. The van der Waals surface area contributed by atoms with Crippen LogP contribution in [0.25, 0.3) is 6.08 Å². The van der Waals surface area contributed by atoms with Gasteiger partial charge in [0.05, 0.1) is 25.2 Å².